The van der Waals surface area contributed by atoms with Crippen molar-refractivity contribution in [3.8, 4) is 0 Å². The van der Waals surface area contributed by atoms with Crippen LogP contribution in [0.4, 0.5) is 0 Å². The zero-order chi connectivity index (χ0) is 14.7. The van der Waals surface area contributed by atoms with E-state index in [0.717, 1.165) is 0 Å². The molecule has 0 aliphatic carbocycles. The fourth-order valence-electron chi connectivity index (χ4n) is 1.65. The van der Waals surface area contributed by atoms with Gasteiger partial charge in [0.25, 0.3) is 0 Å². The van der Waals surface area contributed by atoms with Gasteiger partial charge in [0.15, 0.2) is 0 Å². The van der Waals surface area contributed by atoms with Gasteiger partial charge in [0, 0.05) is 6.42 Å². The zero-order valence-electron chi connectivity index (χ0n) is 12.1. The van der Waals surface area contributed by atoms with Crippen molar-refractivity contribution in [3.05, 3.63) is 0 Å². The molecular formula is C13H27NO5. The number of ether oxygens (including phenoxy) is 2. The second kappa shape index (κ2) is 11.3. The first kappa shape index (κ1) is 18.5. The number of carbonyl (C=O) groups is 1. The number of aliphatic hydroxyl groups excluding tert-OH is 2. The topological polar surface area (TPSA) is 88.0 Å². The van der Waals surface area contributed by atoms with Gasteiger partial charge in [0.1, 0.15) is 12.0 Å². The molecule has 6 nitrogen and oxygen atoms in total. The normalized spacial score (nSPS) is 14.6. The van der Waals surface area contributed by atoms with Gasteiger partial charge in [0.2, 0.25) is 0 Å². The maximum absolute atomic E-state index is 11.4. The van der Waals surface area contributed by atoms with Crippen molar-refractivity contribution in [3.63, 3.8) is 0 Å². The summed E-state index contributed by atoms with van der Waals surface area (Å²) in [7, 11) is 0. The standard InChI is InChI=1S/C13H27NO5/c1-10(2)13(11(3)16)14-12(17)4-6-18-8-9-19-7-5-15/h10,12-15,17H,4-9H2,1-3H3. The van der Waals surface area contributed by atoms with Crippen LogP contribution in [-0.2, 0) is 14.3 Å². The number of carbonyl (C=O) groups excluding carboxylic acids is 1. The van der Waals surface area contributed by atoms with Crippen LogP contribution in [-0.4, -0.2) is 61.3 Å². The Hall–Kier alpha value is -0.530. The third kappa shape index (κ3) is 9.98. The van der Waals surface area contributed by atoms with Crippen LogP contribution in [0.1, 0.15) is 27.2 Å². The SMILES string of the molecule is CC(=O)C(NC(O)CCOCCOCCO)C(C)C. The van der Waals surface area contributed by atoms with E-state index in [9.17, 15) is 9.90 Å². The van der Waals surface area contributed by atoms with E-state index < -0.39 is 6.23 Å². The van der Waals surface area contributed by atoms with Gasteiger partial charge in [0.05, 0.1) is 39.1 Å². The van der Waals surface area contributed by atoms with Crippen molar-refractivity contribution in [2.75, 3.05) is 33.0 Å². The van der Waals surface area contributed by atoms with Gasteiger partial charge in [-0.1, -0.05) is 13.8 Å². The maximum Gasteiger partial charge on any atom is 0.147 e. The van der Waals surface area contributed by atoms with Crippen molar-refractivity contribution in [2.45, 2.75) is 39.5 Å². The highest BCUT2D eigenvalue weighted by Gasteiger charge is 2.20. The van der Waals surface area contributed by atoms with E-state index in [4.69, 9.17) is 14.6 Å². The highest BCUT2D eigenvalue weighted by Crippen LogP contribution is 2.04. The maximum atomic E-state index is 11.4. The van der Waals surface area contributed by atoms with Crippen molar-refractivity contribution in [1.82, 2.24) is 5.32 Å². The fourth-order valence-corrected chi connectivity index (χ4v) is 1.65. The third-order valence-electron chi connectivity index (χ3n) is 2.62. The molecule has 3 N–H and O–H groups in total. The van der Waals surface area contributed by atoms with Crippen molar-refractivity contribution in [2.24, 2.45) is 5.92 Å². The molecule has 0 heterocycles. The molecule has 0 aliphatic rings. The fraction of sp³-hybridized carbons (Fsp3) is 0.923. The summed E-state index contributed by atoms with van der Waals surface area (Å²) in [5, 5.41) is 21.1. The molecule has 2 atom stereocenters. The molecule has 0 aromatic carbocycles. The summed E-state index contributed by atoms with van der Waals surface area (Å²) in [6, 6.07) is -0.331. The van der Waals surface area contributed by atoms with E-state index in [2.05, 4.69) is 5.32 Å². The largest absolute Gasteiger partial charge is 0.394 e. The second-order valence-electron chi connectivity index (χ2n) is 4.75. The van der Waals surface area contributed by atoms with E-state index in [0.29, 0.717) is 32.8 Å². The Bertz CT molecular complexity index is 235. The van der Waals surface area contributed by atoms with Crippen LogP contribution < -0.4 is 5.32 Å². The lowest BCUT2D eigenvalue weighted by molar-refractivity contribution is -0.121. The van der Waals surface area contributed by atoms with E-state index in [-0.39, 0.29) is 24.3 Å². The number of nitrogens with one attached hydrogen (secondary N) is 1. The van der Waals surface area contributed by atoms with Crippen LogP contribution >= 0.6 is 0 Å². The molecule has 2 unspecified atom stereocenters. The van der Waals surface area contributed by atoms with Crippen molar-refractivity contribution < 1.29 is 24.5 Å². The Morgan fingerprint density at radius 3 is 2.21 bits per heavy atom. The molecule has 0 aliphatic heterocycles. The number of ketones is 1. The van der Waals surface area contributed by atoms with Crippen molar-refractivity contribution >= 4 is 5.78 Å². The van der Waals surface area contributed by atoms with Crippen LogP contribution in [0.2, 0.25) is 0 Å². The summed E-state index contributed by atoms with van der Waals surface area (Å²) in [5.74, 6) is 0.160. The molecule has 0 spiro atoms. The first-order valence-corrected chi connectivity index (χ1v) is 6.70. The average molecular weight is 277 g/mol. The van der Waals surface area contributed by atoms with E-state index in [1.165, 1.54) is 6.92 Å². The third-order valence-corrected chi connectivity index (χ3v) is 2.62. The summed E-state index contributed by atoms with van der Waals surface area (Å²) in [5.41, 5.74) is 0. The van der Waals surface area contributed by atoms with Crippen LogP contribution in [0.25, 0.3) is 0 Å². The summed E-state index contributed by atoms with van der Waals surface area (Å²) >= 11 is 0. The molecule has 0 aromatic heterocycles. The molecule has 0 rings (SSSR count). The van der Waals surface area contributed by atoms with Crippen LogP contribution in [0.5, 0.6) is 0 Å². The Labute approximate surface area is 115 Å². The second-order valence-corrected chi connectivity index (χ2v) is 4.75. The highest BCUT2D eigenvalue weighted by molar-refractivity contribution is 5.81. The van der Waals surface area contributed by atoms with Gasteiger partial charge in [-0.15, -0.1) is 0 Å². The first-order valence-electron chi connectivity index (χ1n) is 6.70. The molecule has 0 saturated heterocycles. The molecule has 6 heteroatoms. The van der Waals surface area contributed by atoms with Crippen molar-refractivity contribution in [1.29, 1.82) is 0 Å². The van der Waals surface area contributed by atoms with Crippen LogP contribution in [0, 0.1) is 5.92 Å². The predicted molar refractivity (Wildman–Crippen MR) is 71.8 cm³/mol. The number of hydrogen-bond donors (Lipinski definition) is 3. The predicted octanol–water partition coefficient (Wildman–Crippen LogP) is -0.0764. The molecule has 0 fully saturated rings. The summed E-state index contributed by atoms with van der Waals surface area (Å²) < 4.78 is 10.3. The Balaban J connectivity index is 3.63. The van der Waals surface area contributed by atoms with E-state index >= 15 is 0 Å². The smallest absolute Gasteiger partial charge is 0.147 e. The minimum atomic E-state index is -0.755. The lowest BCUT2D eigenvalue weighted by Gasteiger charge is -2.23. The molecule has 19 heavy (non-hydrogen) atoms. The molecule has 0 radical (unpaired) electrons. The average Bonchev–Trinajstić information content (AvgIpc) is 2.34. The molecule has 0 bridgehead atoms. The van der Waals surface area contributed by atoms with Crippen LogP contribution in [0.3, 0.4) is 0 Å². The van der Waals surface area contributed by atoms with Gasteiger partial charge in [-0.3, -0.25) is 10.1 Å². The summed E-state index contributed by atoms with van der Waals surface area (Å²) in [6.07, 6.45) is -0.342. The van der Waals surface area contributed by atoms with Gasteiger partial charge < -0.3 is 19.7 Å². The first-order chi connectivity index (χ1) is 8.99. The lowest BCUT2D eigenvalue weighted by atomic mass is 10.0. The Kier molecular flexibility index (Phi) is 11.0. The quantitative estimate of drug-likeness (QED) is 0.342. The minimum Gasteiger partial charge on any atom is -0.394 e. The molecule has 0 amide bonds. The van der Waals surface area contributed by atoms with Gasteiger partial charge >= 0.3 is 0 Å². The zero-order valence-corrected chi connectivity index (χ0v) is 12.1. The monoisotopic (exact) mass is 277 g/mol. The van der Waals surface area contributed by atoms with Gasteiger partial charge in [-0.25, -0.2) is 0 Å². The summed E-state index contributed by atoms with van der Waals surface area (Å²) in [6.45, 7) is 6.92. The number of Topliss-reactive ketones (excluding diaryl/α,β-unsaturated/α-hetero) is 1. The molecule has 0 saturated carbocycles. The number of hydrogen-bond acceptors (Lipinski definition) is 6. The number of aliphatic hydroxyl groups is 2. The lowest BCUT2D eigenvalue weighted by Crippen LogP contribution is -2.46. The Morgan fingerprint density at radius 1 is 1.16 bits per heavy atom. The highest BCUT2D eigenvalue weighted by atomic mass is 16.5. The molecule has 114 valence electrons. The van der Waals surface area contributed by atoms with Gasteiger partial charge in [-0.05, 0) is 12.8 Å². The Morgan fingerprint density at radius 2 is 1.74 bits per heavy atom. The van der Waals surface area contributed by atoms with Crippen LogP contribution in [0.15, 0.2) is 0 Å². The minimum absolute atomic E-state index is 0.00424. The van der Waals surface area contributed by atoms with Gasteiger partial charge in [-0.2, -0.15) is 0 Å². The molecule has 0 aromatic rings. The van der Waals surface area contributed by atoms with E-state index in [1.54, 1.807) is 0 Å². The van der Waals surface area contributed by atoms with E-state index in [1.807, 2.05) is 13.8 Å². The number of rotatable bonds is 12. The summed E-state index contributed by atoms with van der Waals surface area (Å²) in [4.78, 5) is 11.4. The molecular weight excluding hydrogens is 250 g/mol.